The maximum atomic E-state index is 2.66. The van der Waals surface area contributed by atoms with Crippen molar-refractivity contribution >= 4 is 28.7 Å². The number of halogens is 2. The number of hydrogen-bond donors (Lipinski definition) is 0. The summed E-state index contributed by atoms with van der Waals surface area (Å²) in [5, 5.41) is 0. The fourth-order valence-electron chi connectivity index (χ4n) is 7.58. The minimum Gasteiger partial charge on any atom is -1.00 e. The van der Waals surface area contributed by atoms with Gasteiger partial charge in [-0.3, -0.25) is 0 Å². The van der Waals surface area contributed by atoms with E-state index in [1.807, 2.05) is 0 Å². The molecule has 0 nitrogen and oxygen atoms in total. The van der Waals surface area contributed by atoms with Gasteiger partial charge in [-0.25, -0.2) is 0 Å². The summed E-state index contributed by atoms with van der Waals surface area (Å²) in [6.45, 7) is 14.6. The van der Waals surface area contributed by atoms with Gasteiger partial charge in [-0.05, 0) is 0 Å². The second kappa shape index (κ2) is 15.1. The van der Waals surface area contributed by atoms with Crippen LogP contribution in [0.4, 0.5) is 0 Å². The number of benzene rings is 4. The topological polar surface area (TPSA) is 0 Å². The summed E-state index contributed by atoms with van der Waals surface area (Å²) in [6.07, 6.45) is 9.95. The number of fused-ring (bicyclic) bond motifs is 2. The first-order valence-corrected chi connectivity index (χ1v) is 24.9. The number of allylic oxidation sites excluding steroid dienone is 2. The van der Waals surface area contributed by atoms with E-state index in [2.05, 4.69) is 138 Å². The van der Waals surface area contributed by atoms with Gasteiger partial charge in [-0.15, -0.1) is 0 Å². The summed E-state index contributed by atoms with van der Waals surface area (Å²) in [4.78, 5) is 0. The van der Waals surface area contributed by atoms with E-state index in [0.717, 1.165) is 12.8 Å². The van der Waals surface area contributed by atoms with Crippen molar-refractivity contribution in [3.63, 3.8) is 0 Å². The third kappa shape index (κ3) is 6.62. The van der Waals surface area contributed by atoms with Gasteiger partial charge in [-0.1, -0.05) is 0 Å². The average Bonchev–Trinajstić information content (AvgIpc) is 3.54. The quantitative estimate of drug-likeness (QED) is 0.226. The zero-order valence-electron chi connectivity index (χ0n) is 27.0. The molecule has 2 unspecified atom stereocenters. The summed E-state index contributed by atoms with van der Waals surface area (Å²) < 4.78 is 1.14. The SMILES string of the molecule is CCCc1cc(C)cc2c1C=C(c1ccccc1)[CH]2[Zr+2]([CH]1C(c2ccccc2)=Cc2c(CCC)cc(C)cc21)=[Si](C)C.[Cl-].[Cl-]. The zero-order valence-corrected chi connectivity index (χ0v) is 31.9. The largest absolute Gasteiger partial charge is 1.00 e. The predicted octanol–water partition coefficient (Wildman–Crippen LogP) is 4.98. The van der Waals surface area contributed by atoms with E-state index in [4.69, 9.17) is 0 Å². The van der Waals surface area contributed by atoms with Crippen molar-refractivity contribution in [3.05, 3.63) is 141 Å². The van der Waals surface area contributed by atoms with Crippen molar-refractivity contribution in [2.45, 2.75) is 73.7 Å². The Morgan fingerprint density at radius 3 is 1.32 bits per heavy atom. The van der Waals surface area contributed by atoms with Gasteiger partial charge in [-0.2, -0.15) is 0 Å². The molecule has 0 heterocycles. The Kier molecular flexibility index (Phi) is 12.0. The van der Waals surface area contributed by atoms with Crippen LogP contribution in [-0.2, 0) is 33.2 Å². The van der Waals surface area contributed by atoms with Gasteiger partial charge in [0.05, 0.1) is 0 Å². The normalized spacial score (nSPS) is 16.0. The molecule has 226 valence electrons. The van der Waals surface area contributed by atoms with Crippen LogP contribution in [0.25, 0.3) is 23.3 Å². The van der Waals surface area contributed by atoms with E-state index < -0.39 is 25.8 Å². The molecule has 2 aliphatic rings. The van der Waals surface area contributed by atoms with Crippen LogP contribution in [0, 0.1) is 13.8 Å². The van der Waals surface area contributed by atoms with Crippen LogP contribution in [0.1, 0.15) is 89.6 Å². The van der Waals surface area contributed by atoms with Gasteiger partial charge >= 0.3 is 263 Å². The van der Waals surface area contributed by atoms with Crippen molar-refractivity contribution < 1.29 is 45.2 Å². The van der Waals surface area contributed by atoms with Crippen LogP contribution in [0.15, 0.2) is 84.9 Å². The van der Waals surface area contributed by atoms with Gasteiger partial charge in [0.1, 0.15) is 0 Å². The van der Waals surface area contributed by atoms with Crippen LogP contribution >= 0.6 is 0 Å². The summed E-state index contributed by atoms with van der Waals surface area (Å²) in [6, 6.07) is 32.9. The number of aryl methyl sites for hydroxylation is 4. The summed E-state index contributed by atoms with van der Waals surface area (Å²) in [5.74, 6) is 0. The van der Waals surface area contributed by atoms with Crippen LogP contribution in [0.5, 0.6) is 0 Å². The van der Waals surface area contributed by atoms with Crippen molar-refractivity contribution in [2.24, 2.45) is 0 Å². The molecule has 0 spiro atoms. The molecule has 0 radical (unpaired) electrons. The van der Waals surface area contributed by atoms with Gasteiger partial charge in [0.25, 0.3) is 0 Å². The maximum Gasteiger partial charge on any atom is -1.00 e. The van der Waals surface area contributed by atoms with Gasteiger partial charge in [0, 0.05) is 0 Å². The van der Waals surface area contributed by atoms with E-state index in [0.29, 0.717) is 7.25 Å². The summed E-state index contributed by atoms with van der Waals surface area (Å²) in [5.41, 5.74) is 17.9. The van der Waals surface area contributed by atoms with E-state index >= 15 is 0 Å². The first kappa shape index (κ1) is 34.9. The maximum absolute atomic E-state index is 2.66. The summed E-state index contributed by atoms with van der Waals surface area (Å²) >= 11 is -2.34. The standard InChI is InChI=1S/2C19H19.C2H6Si.2ClH.Zr/c2*1-3-7-16-10-14(2)11-18-12-17(13-19(16)18)15-8-5-4-6-9-15;1-3-2;;;/h2*4-6,8-13H,3,7H2,1-2H3;1-2H3;2*1H;/q;;;;;+2/p-2. The molecule has 0 fully saturated rings. The van der Waals surface area contributed by atoms with Gasteiger partial charge in [0.2, 0.25) is 0 Å². The molecule has 44 heavy (non-hydrogen) atoms. The zero-order chi connectivity index (χ0) is 29.4. The molecule has 4 aromatic rings. The smallest absolute Gasteiger partial charge is 1.00 e. The third-order valence-electron chi connectivity index (χ3n) is 9.18. The molecule has 0 saturated carbocycles. The monoisotopic (exact) mass is 712 g/mol. The molecule has 6 rings (SSSR count). The number of hydrogen-bond acceptors (Lipinski definition) is 0. The van der Waals surface area contributed by atoms with E-state index in [9.17, 15) is 0 Å². The van der Waals surface area contributed by atoms with Crippen molar-refractivity contribution in [2.75, 3.05) is 0 Å². The molecule has 0 saturated heterocycles. The van der Waals surface area contributed by atoms with Crippen LogP contribution in [-0.4, -0.2) is 5.43 Å². The summed E-state index contributed by atoms with van der Waals surface area (Å²) in [7, 11) is 0. The van der Waals surface area contributed by atoms with Crippen LogP contribution in [0.2, 0.25) is 13.1 Å². The Morgan fingerprint density at radius 1 is 0.591 bits per heavy atom. The van der Waals surface area contributed by atoms with E-state index in [1.54, 1.807) is 44.5 Å². The molecule has 0 amide bonds. The van der Waals surface area contributed by atoms with Gasteiger partial charge in [0.15, 0.2) is 0 Å². The minimum atomic E-state index is -2.34. The second-order valence-corrected chi connectivity index (χ2v) is 30.5. The Morgan fingerprint density at radius 2 is 0.977 bits per heavy atom. The first-order chi connectivity index (χ1) is 20.4. The van der Waals surface area contributed by atoms with E-state index in [1.165, 1.54) is 35.1 Å². The van der Waals surface area contributed by atoms with Crippen molar-refractivity contribution in [3.8, 4) is 0 Å². The van der Waals surface area contributed by atoms with E-state index in [-0.39, 0.29) is 24.8 Å². The van der Waals surface area contributed by atoms with Crippen molar-refractivity contribution in [1.29, 1.82) is 0 Å². The van der Waals surface area contributed by atoms with Crippen LogP contribution < -0.4 is 24.8 Å². The Labute approximate surface area is 286 Å². The molecule has 4 aromatic carbocycles. The molecule has 2 atom stereocenters. The Bertz CT molecular complexity index is 1610. The van der Waals surface area contributed by atoms with Crippen molar-refractivity contribution in [1.82, 2.24) is 0 Å². The molecule has 0 aliphatic heterocycles. The Balaban J connectivity index is 0.00000221. The Hall–Kier alpha value is -1.96. The third-order valence-corrected chi connectivity index (χ3v) is 28.4. The second-order valence-electron chi connectivity index (χ2n) is 12.6. The van der Waals surface area contributed by atoms with Gasteiger partial charge < -0.3 is 24.8 Å². The molecule has 0 aromatic heterocycles. The fraction of sp³-hybridized carbons (Fsp3) is 0.300. The average molecular weight is 715 g/mol. The predicted molar refractivity (Wildman–Crippen MR) is 182 cm³/mol. The molecule has 0 N–H and O–H groups in total. The molecule has 0 bridgehead atoms. The minimum absolute atomic E-state index is 0. The van der Waals surface area contributed by atoms with Crippen LogP contribution in [0.3, 0.4) is 0 Å². The molecule has 4 heteroatoms. The molecular weight excluding hydrogens is 671 g/mol. The fourth-order valence-corrected chi connectivity index (χ4v) is 27.4. The molecule has 2 aliphatic carbocycles. The first-order valence-electron chi connectivity index (χ1n) is 15.9. The molecular formula is C40H44Cl2SiZr. The number of rotatable bonds is 8.